The predicted molar refractivity (Wildman–Crippen MR) is 96.1 cm³/mol. The summed E-state index contributed by atoms with van der Waals surface area (Å²) in [6.07, 6.45) is 0.382. The summed E-state index contributed by atoms with van der Waals surface area (Å²) in [5, 5.41) is 0. The highest BCUT2D eigenvalue weighted by atomic mass is 16.5. The van der Waals surface area contributed by atoms with Gasteiger partial charge in [0.25, 0.3) is 0 Å². The molecule has 4 heteroatoms. The first-order valence-electron chi connectivity index (χ1n) is 8.27. The fraction of sp³-hybridized carbons (Fsp3) is 0.300. The molecule has 0 radical (unpaired) electrons. The summed E-state index contributed by atoms with van der Waals surface area (Å²) in [6.45, 7) is 3.93. The standard InChI is InChI=1S/C20H20N2O2/c1-13-11-22(19-6-4-3-5-16(13)19)12-14-9-20(23)17-10-15(24-2)7-8-18(17)21-14/h3-8,10,13H,9,11-12H2,1-2H3. The maximum Gasteiger partial charge on any atom is 0.170 e. The van der Waals surface area contributed by atoms with E-state index in [9.17, 15) is 4.79 Å². The summed E-state index contributed by atoms with van der Waals surface area (Å²) < 4.78 is 5.20. The second kappa shape index (κ2) is 5.78. The lowest BCUT2D eigenvalue weighted by Crippen LogP contribution is -2.31. The van der Waals surface area contributed by atoms with Crippen LogP contribution in [0.15, 0.2) is 47.5 Å². The molecule has 2 aromatic carbocycles. The molecule has 2 aliphatic rings. The molecule has 4 nitrogen and oxygen atoms in total. The number of benzene rings is 2. The second-order valence-corrected chi connectivity index (χ2v) is 6.50. The Kier molecular flexibility index (Phi) is 3.60. The molecule has 2 heterocycles. The van der Waals surface area contributed by atoms with Crippen LogP contribution in [-0.4, -0.2) is 31.7 Å². The molecule has 0 saturated carbocycles. The van der Waals surface area contributed by atoms with Crippen LogP contribution in [0.25, 0.3) is 0 Å². The highest BCUT2D eigenvalue weighted by Crippen LogP contribution is 2.36. The number of Topliss-reactive ketones (excluding diaryl/α,β-unsaturated/α-hetero) is 1. The molecule has 0 amide bonds. The maximum atomic E-state index is 12.5. The molecule has 0 N–H and O–H groups in total. The van der Waals surface area contributed by atoms with Gasteiger partial charge in [-0.05, 0) is 29.8 Å². The molecule has 24 heavy (non-hydrogen) atoms. The number of rotatable bonds is 3. The van der Waals surface area contributed by atoms with Gasteiger partial charge in [0.05, 0.1) is 25.8 Å². The van der Waals surface area contributed by atoms with E-state index in [2.05, 4.69) is 36.1 Å². The molecule has 0 saturated heterocycles. The van der Waals surface area contributed by atoms with Crippen molar-refractivity contribution >= 4 is 22.9 Å². The summed E-state index contributed by atoms with van der Waals surface area (Å²) in [6, 6.07) is 14.0. The summed E-state index contributed by atoms with van der Waals surface area (Å²) in [5.41, 5.74) is 4.99. The minimum absolute atomic E-state index is 0.120. The van der Waals surface area contributed by atoms with Crippen molar-refractivity contribution in [2.24, 2.45) is 4.99 Å². The van der Waals surface area contributed by atoms with Crippen LogP contribution in [0.2, 0.25) is 0 Å². The van der Waals surface area contributed by atoms with Gasteiger partial charge < -0.3 is 9.64 Å². The molecule has 4 rings (SSSR count). The lowest BCUT2D eigenvalue weighted by atomic mass is 9.99. The smallest absolute Gasteiger partial charge is 0.170 e. The average molecular weight is 320 g/mol. The Morgan fingerprint density at radius 2 is 2.08 bits per heavy atom. The third-order valence-corrected chi connectivity index (χ3v) is 4.82. The van der Waals surface area contributed by atoms with Crippen molar-refractivity contribution in [3.8, 4) is 5.75 Å². The fourth-order valence-electron chi connectivity index (χ4n) is 3.63. The molecule has 0 bridgehead atoms. The van der Waals surface area contributed by atoms with E-state index < -0.39 is 0 Å². The van der Waals surface area contributed by atoms with Crippen molar-refractivity contribution in [1.29, 1.82) is 0 Å². The molecule has 2 aliphatic heterocycles. The van der Waals surface area contributed by atoms with Gasteiger partial charge in [-0.2, -0.15) is 0 Å². The van der Waals surface area contributed by atoms with E-state index in [1.807, 2.05) is 12.1 Å². The zero-order valence-corrected chi connectivity index (χ0v) is 14.0. The van der Waals surface area contributed by atoms with Crippen LogP contribution in [0, 0.1) is 0 Å². The van der Waals surface area contributed by atoms with E-state index in [0.717, 1.165) is 17.9 Å². The summed E-state index contributed by atoms with van der Waals surface area (Å²) in [5.74, 6) is 1.33. The molecule has 0 spiro atoms. The summed E-state index contributed by atoms with van der Waals surface area (Å²) >= 11 is 0. The van der Waals surface area contributed by atoms with E-state index in [-0.39, 0.29) is 5.78 Å². The zero-order chi connectivity index (χ0) is 16.7. The largest absolute Gasteiger partial charge is 0.497 e. The van der Waals surface area contributed by atoms with Crippen molar-refractivity contribution in [3.05, 3.63) is 53.6 Å². The van der Waals surface area contributed by atoms with Crippen molar-refractivity contribution in [2.75, 3.05) is 25.1 Å². The van der Waals surface area contributed by atoms with Crippen LogP contribution in [-0.2, 0) is 0 Å². The van der Waals surface area contributed by atoms with Crippen molar-refractivity contribution in [1.82, 2.24) is 0 Å². The number of ether oxygens (including phenoxy) is 1. The Bertz CT molecular complexity index is 841. The number of hydrogen-bond donors (Lipinski definition) is 0. The molecule has 0 aromatic heterocycles. The Balaban J connectivity index is 1.62. The number of aliphatic imine (C=N–C) groups is 1. The van der Waals surface area contributed by atoms with Gasteiger partial charge in [0.2, 0.25) is 0 Å². The van der Waals surface area contributed by atoms with Crippen molar-refractivity contribution < 1.29 is 9.53 Å². The van der Waals surface area contributed by atoms with E-state index in [0.29, 0.717) is 30.2 Å². The number of ketones is 1. The predicted octanol–water partition coefficient (Wildman–Crippen LogP) is 3.98. The number of para-hydroxylation sites is 1. The van der Waals surface area contributed by atoms with Crippen molar-refractivity contribution in [2.45, 2.75) is 19.3 Å². The first-order valence-corrected chi connectivity index (χ1v) is 8.27. The normalized spacial score (nSPS) is 18.9. The number of hydrogen-bond acceptors (Lipinski definition) is 4. The number of carbonyl (C=O) groups is 1. The highest BCUT2D eigenvalue weighted by Gasteiger charge is 2.28. The summed E-state index contributed by atoms with van der Waals surface area (Å²) in [4.78, 5) is 19.6. The molecule has 0 fully saturated rings. The van der Waals surface area contributed by atoms with Crippen LogP contribution in [0.1, 0.15) is 35.2 Å². The number of carbonyl (C=O) groups excluding carboxylic acids is 1. The van der Waals surface area contributed by atoms with Gasteiger partial charge >= 0.3 is 0 Å². The van der Waals surface area contributed by atoms with E-state index in [1.165, 1.54) is 11.3 Å². The Labute approximate surface area is 141 Å². The zero-order valence-electron chi connectivity index (χ0n) is 14.0. The molecule has 1 atom stereocenters. The van der Waals surface area contributed by atoms with Crippen LogP contribution in [0.4, 0.5) is 11.4 Å². The third-order valence-electron chi connectivity index (χ3n) is 4.82. The molecule has 0 aliphatic carbocycles. The minimum atomic E-state index is 0.120. The van der Waals surface area contributed by atoms with E-state index in [4.69, 9.17) is 9.73 Å². The topological polar surface area (TPSA) is 41.9 Å². The molecule has 122 valence electrons. The van der Waals surface area contributed by atoms with E-state index in [1.54, 1.807) is 13.2 Å². The monoisotopic (exact) mass is 320 g/mol. The van der Waals surface area contributed by atoms with Gasteiger partial charge in [0.15, 0.2) is 5.78 Å². The van der Waals surface area contributed by atoms with Gasteiger partial charge in [-0.1, -0.05) is 25.1 Å². The lowest BCUT2D eigenvalue weighted by molar-refractivity contribution is 0.0999. The first-order chi connectivity index (χ1) is 11.7. The third kappa shape index (κ3) is 2.48. The van der Waals surface area contributed by atoms with Crippen LogP contribution in [0.5, 0.6) is 5.75 Å². The minimum Gasteiger partial charge on any atom is -0.497 e. The first kappa shape index (κ1) is 14.9. The molecule has 2 aromatic rings. The van der Waals surface area contributed by atoms with Crippen LogP contribution < -0.4 is 9.64 Å². The molecular weight excluding hydrogens is 300 g/mol. The number of nitrogens with zero attached hydrogens (tertiary/aromatic N) is 2. The highest BCUT2D eigenvalue weighted by molar-refractivity contribution is 6.17. The number of fused-ring (bicyclic) bond motifs is 2. The van der Waals surface area contributed by atoms with Gasteiger partial charge in [0, 0.05) is 29.4 Å². The quantitative estimate of drug-likeness (QED) is 0.859. The number of anilines is 1. The van der Waals surface area contributed by atoms with Gasteiger partial charge in [-0.3, -0.25) is 9.79 Å². The van der Waals surface area contributed by atoms with E-state index >= 15 is 0 Å². The lowest BCUT2D eigenvalue weighted by Gasteiger charge is -2.23. The average Bonchev–Trinajstić information content (AvgIpc) is 2.91. The fourth-order valence-corrected chi connectivity index (χ4v) is 3.63. The maximum absolute atomic E-state index is 12.5. The SMILES string of the molecule is COc1ccc2c(c1)C(=O)CC(CN1CC(C)c3ccccc31)=N2. The van der Waals surface area contributed by atoms with Gasteiger partial charge in [0.1, 0.15) is 5.75 Å². The molecule has 1 unspecified atom stereocenters. The van der Waals surface area contributed by atoms with Gasteiger partial charge in [-0.25, -0.2) is 0 Å². The van der Waals surface area contributed by atoms with Gasteiger partial charge in [-0.15, -0.1) is 0 Å². The van der Waals surface area contributed by atoms with Crippen LogP contribution in [0.3, 0.4) is 0 Å². The summed E-state index contributed by atoms with van der Waals surface area (Å²) in [7, 11) is 1.61. The Morgan fingerprint density at radius 1 is 1.25 bits per heavy atom. The Hall–Kier alpha value is -2.62. The second-order valence-electron chi connectivity index (χ2n) is 6.50. The van der Waals surface area contributed by atoms with Crippen LogP contribution >= 0.6 is 0 Å². The number of methoxy groups -OCH3 is 1. The Morgan fingerprint density at radius 3 is 2.92 bits per heavy atom. The molecular formula is C20H20N2O2. The van der Waals surface area contributed by atoms with Crippen molar-refractivity contribution in [3.63, 3.8) is 0 Å².